The van der Waals surface area contributed by atoms with Gasteiger partial charge >= 0.3 is 0 Å². The van der Waals surface area contributed by atoms with E-state index in [4.69, 9.17) is 4.74 Å². The highest BCUT2D eigenvalue weighted by molar-refractivity contribution is 7.99. The third kappa shape index (κ3) is 6.73. The van der Waals surface area contributed by atoms with Crippen molar-refractivity contribution in [1.29, 1.82) is 0 Å². The first kappa shape index (κ1) is 24.1. The highest BCUT2D eigenvalue weighted by Crippen LogP contribution is 2.21. The number of thioether (sulfide) groups is 1. The third-order valence-electron chi connectivity index (χ3n) is 5.80. The van der Waals surface area contributed by atoms with Crippen LogP contribution in [-0.4, -0.2) is 41.7 Å². The van der Waals surface area contributed by atoms with E-state index in [1.807, 2.05) is 24.3 Å². The van der Waals surface area contributed by atoms with Gasteiger partial charge in [0.1, 0.15) is 17.6 Å². The number of hydrogen-bond acceptors (Lipinski definition) is 4. The average Bonchev–Trinajstić information content (AvgIpc) is 3.31. The van der Waals surface area contributed by atoms with Crippen molar-refractivity contribution < 1.29 is 18.7 Å². The van der Waals surface area contributed by atoms with E-state index in [2.05, 4.69) is 5.32 Å². The van der Waals surface area contributed by atoms with Crippen LogP contribution >= 0.6 is 11.8 Å². The summed E-state index contributed by atoms with van der Waals surface area (Å²) in [6.45, 7) is 2.07. The lowest BCUT2D eigenvalue weighted by Gasteiger charge is -2.30. The van der Waals surface area contributed by atoms with Crippen molar-refractivity contribution in [2.24, 2.45) is 0 Å². The number of methoxy groups -OCH3 is 1. The molecule has 0 saturated heterocycles. The highest BCUT2D eigenvalue weighted by atomic mass is 32.2. The maximum Gasteiger partial charge on any atom is 0.242 e. The summed E-state index contributed by atoms with van der Waals surface area (Å²) in [6.07, 6.45) is 4.22. The molecule has 0 aromatic heterocycles. The SMILES string of the molecule is COc1cccc(CN(C(=O)CSCc2ccccc2F)[C@H](C)C(=O)NC2CCCC2)c1. The van der Waals surface area contributed by atoms with Gasteiger partial charge in [-0.25, -0.2) is 4.39 Å². The van der Waals surface area contributed by atoms with Gasteiger partial charge in [-0.1, -0.05) is 43.2 Å². The zero-order valence-electron chi connectivity index (χ0n) is 18.7. The molecule has 0 unspecified atom stereocenters. The zero-order valence-corrected chi connectivity index (χ0v) is 19.5. The van der Waals surface area contributed by atoms with E-state index >= 15 is 0 Å². The number of nitrogens with zero attached hydrogens (tertiary/aromatic N) is 1. The molecule has 172 valence electrons. The molecule has 1 aliphatic rings. The Morgan fingerprint density at radius 2 is 1.94 bits per heavy atom. The van der Waals surface area contributed by atoms with Gasteiger partial charge in [0.2, 0.25) is 11.8 Å². The molecule has 2 amide bonds. The standard InChI is InChI=1S/C25H31FN2O3S/c1-18(25(30)27-21-10-4-5-11-21)28(15-19-8-7-12-22(14-19)31-2)24(29)17-32-16-20-9-3-6-13-23(20)26/h3,6-9,12-14,18,21H,4-5,10-11,15-17H2,1-2H3,(H,27,30)/t18-/m1/s1. The Hall–Kier alpha value is -2.54. The van der Waals surface area contributed by atoms with Crippen LogP contribution in [0.2, 0.25) is 0 Å². The summed E-state index contributed by atoms with van der Waals surface area (Å²) in [6, 6.07) is 13.6. The second-order valence-electron chi connectivity index (χ2n) is 8.12. The molecule has 0 radical (unpaired) electrons. The summed E-state index contributed by atoms with van der Waals surface area (Å²) in [4.78, 5) is 27.7. The largest absolute Gasteiger partial charge is 0.497 e. The van der Waals surface area contributed by atoms with Crippen molar-refractivity contribution in [1.82, 2.24) is 10.2 Å². The molecular formula is C25H31FN2O3S. The highest BCUT2D eigenvalue weighted by Gasteiger charge is 2.28. The van der Waals surface area contributed by atoms with Crippen molar-refractivity contribution in [2.75, 3.05) is 12.9 Å². The first-order valence-corrected chi connectivity index (χ1v) is 12.2. The molecule has 3 rings (SSSR count). The van der Waals surface area contributed by atoms with Crippen molar-refractivity contribution in [2.45, 2.75) is 57.0 Å². The Balaban J connectivity index is 1.68. The monoisotopic (exact) mass is 458 g/mol. The third-order valence-corrected chi connectivity index (χ3v) is 6.76. The van der Waals surface area contributed by atoms with E-state index in [0.29, 0.717) is 23.6 Å². The van der Waals surface area contributed by atoms with E-state index < -0.39 is 6.04 Å². The summed E-state index contributed by atoms with van der Waals surface area (Å²) in [5.41, 5.74) is 1.45. The Kier molecular flexibility index (Phi) is 8.97. The number of carbonyl (C=O) groups is 2. The predicted molar refractivity (Wildman–Crippen MR) is 126 cm³/mol. The predicted octanol–water partition coefficient (Wildman–Crippen LogP) is 4.54. The van der Waals surface area contributed by atoms with Gasteiger partial charge in [-0.05, 0) is 49.1 Å². The van der Waals surface area contributed by atoms with E-state index in [0.717, 1.165) is 31.2 Å². The van der Waals surface area contributed by atoms with Gasteiger partial charge in [0.05, 0.1) is 12.9 Å². The van der Waals surface area contributed by atoms with Gasteiger partial charge in [0, 0.05) is 18.3 Å². The topological polar surface area (TPSA) is 58.6 Å². The fraction of sp³-hybridized carbons (Fsp3) is 0.440. The molecule has 1 N–H and O–H groups in total. The minimum absolute atomic E-state index is 0.132. The second kappa shape index (κ2) is 11.9. The Bertz CT molecular complexity index is 918. The minimum atomic E-state index is -0.608. The quantitative estimate of drug-likeness (QED) is 0.568. The first-order valence-electron chi connectivity index (χ1n) is 11.0. The minimum Gasteiger partial charge on any atom is -0.497 e. The molecule has 2 aromatic rings. The lowest BCUT2D eigenvalue weighted by atomic mass is 10.1. The lowest BCUT2D eigenvalue weighted by molar-refractivity contribution is -0.138. The van der Waals surface area contributed by atoms with E-state index in [1.165, 1.54) is 17.8 Å². The van der Waals surface area contributed by atoms with Crippen LogP contribution in [0.3, 0.4) is 0 Å². The van der Waals surface area contributed by atoms with Crippen LogP contribution in [0.15, 0.2) is 48.5 Å². The van der Waals surface area contributed by atoms with Crippen molar-refractivity contribution in [3.05, 3.63) is 65.5 Å². The molecule has 1 atom stereocenters. The smallest absolute Gasteiger partial charge is 0.242 e. The fourth-order valence-electron chi connectivity index (χ4n) is 3.89. The molecule has 2 aromatic carbocycles. The van der Waals surface area contributed by atoms with E-state index in [1.54, 1.807) is 37.1 Å². The van der Waals surface area contributed by atoms with Crippen LogP contribution in [0, 0.1) is 5.82 Å². The Morgan fingerprint density at radius 3 is 2.66 bits per heavy atom. The molecule has 0 spiro atoms. The van der Waals surface area contributed by atoms with Gasteiger partial charge in [0.25, 0.3) is 0 Å². The molecule has 0 aliphatic heterocycles. The molecular weight excluding hydrogens is 427 g/mol. The Morgan fingerprint density at radius 1 is 1.19 bits per heavy atom. The number of amides is 2. The van der Waals surface area contributed by atoms with Crippen molar-refractivity contribution in [3.63, 3.8) is 0 Å². The van der Waals surface area contributed by atoms with E-state index in [-0.39, 0.29) is 29.4 Å². The molecule has 32 heavy (non-hydrogen) atoms. The molecule has 1 fully saturated rings. The second-order valence-corrected chi connectivity index (χ2v) is 9.11. The van der Waals surface area contributed by atoms with Crippen LogP contribution in [-0.2, 0) is 21.9 Å². The van der Waals surface area contributed by atoms with Gasteiger partial charge < -0.3 is 15.0 Å². The van der Waals surface area contributed by atoms with Crippen LogP contribution in [0.1, 0.15) is 43.7 Å². The lowest BCUT2D eigenvalue weighted by Crippen LogP contribution is -2.50. The molecule has 1 saturated carbocycles. The van der Waals surface area contributed by atoms with Crippen molar-refractivity contribution in [3.8, 4) is 5.75 Å². The van der Waals surface area contributed by atoms with E-state index in [9.17, 15) is 14.0 Å². The summed E-state index contributed by atoms with van der Waals surface area (Å²) in [7, 11) is 1.60. The van der Waals surface area contributed by atoms with Gasteiger partial charge in [0.15, 0.2) is 0 Å². The Labute approximate surface area is 193 Å². The maximum atomic E-state index is 13.9. The molecule has 7 heteroatoms. The molecule has 5 nitrogen and oxygen atoms in total. The fourth-order valence-corrected chi connectivity index (χ4v) is 4.79. The number of rotatable bonds is 10. The number of benzene rings is 2. The summed E-state index contributed by atoms with van der Waals surface area (Å²) >= 11 is 1.35. The van der Waals surface area contributed by atoms with Crippen LogP contribution in [0.5, 0.6) is 5.75 Å². The van der Waals surface area contributed by atoms with Crippen LogP contribution in [0.4, 0.5) is 4.39 Å². The number of nitrogens with one attached hydrogen (secondary N) is 1. The van der Waals surface area contributed by atoms with Crippen LogP contribution in [0.25, 0.3) is 0 Å². The van der Waals surface area contributed by atoms with Gasteiger partial charge in [-0.3, -0.25) is 9.59 Å². The van der Waals surface area contributed by atoms with Crippen molar-refractivity contribution >= 4 is 23.6 Å². The zero-order chi connectivity index (χ0) is 22.9. The number of ether oxygens (including phenoxy) is 1. The average molecular weight is 459 g/mol. The summed E-state index contributed by atoms with van der Waals surface area (Å²) in [5, 5.41) is 3.10. The molecule has 0 heterocycles. The molecule has 0 bridgehead atoms. The number of halogens is 1. The summed E-state index contributed by atoms with van der Waals surface area (Å²) in [5.74, 6) is 0.709. The maximum absolute atomic E-state index is 13.9. The molecule has 1 aliphatic carbocycles. The van der Waals surface area contributed by atoms with Crippen LogP contribution < -0.4 is 10.1 Å². The van der Waals surface area contributed by atoms with Gasteiger partial charge in [-0.15, -0.1) is 11.8 Å². The number of hydrogen-bond donors (Lipinski definition) is 1. The summed E-state index contributed by atoms with van der Waals surface area (Å²) < 4.78 is 19.2. The normalized spacial score (nSPS) is 14.7. The number of carbonyl (C=O) groups excluding carboxylic acids is 2. The van der Waals surface area contributed by atoms with Gasteiger partial charge in [-0.2, -0.15) is 0 Å². The first-order chi connectivity index (χ1) is 15.5.